The number of likely N-dealkylation sites (N-methyl/N-ethyl adjacent to an activating group) is 1. The van der Waals surface area contributed by atoms with Crippen LogP contribution in [-0.4, -0.2) is 66.3 Å². The zero-order valence-corrected chi connectivity index (χ0v) is 12.1. The molecule has 0 heterocycles. The summed E-state index contributed by atoms with van der Waals surface area (Å²) >= 11 is 0. The molecule has 0 amide bonds. The summed E-state index contributed by atoms with van der Waals surface area (Å²) in [6.07, 6.45) is 1.15. The number of nitrogens with zero attached hydrogens (tertiary/aromatic N) is 2. The topological polar surface area (TPSA) is 52.7 Å². The van der Waals surface area contributed by atoms with E-state index in [1.54, 1.807) is 6.92 Å². The van der Waals surface area contributed by atoms with E-state index in [1.165, 1.54) is 0 Å². The summed E-state index contributed by atoms with van der Waals surface area (Å²) in [6.45, 7) is 14.7. The molecule has 17 heavy (non-hydrogen) atoms. The zero-order chi connectivity index (χ0) is 13.3. The van der Waals surface area contributed by atoms with Crippen molar-refractivity contribution in [2.75, 3.05) is 45.8 Å². The average Bonchev–Trinajstić information content (AvgIpc) is 2.33. The molecule has 0 spiro atoms. The van der Waals surface area contributed by atoms with Crippen molar-refractivity contribution < 1.29 is 5.11 Å². The molecule has 0 aliphatic carbocycles. The summed E-state index contributed by atoms with van der Waals surface area (Å²) in [5, 5.41) is 9.95. The van der Waals surface area contributed by atoms with Gasteiger partial charge >= 0.3 is 0 Å². The Morgan fingerprint density at radius 1 is 1.00 bits per heavy atom. The normalized spacial score (nSPS) is 15.5. The van der Waals surface area contributed by atoms with E-state index in [-0.39, 0.29) is 0 Å². The molecule has 0 bridgehead atoms. The second-order valence-corrected chi connectivity index (χ2v) is 4.95. The summed E-state index contributed by atoms with van der Waals surface area (Å²) in [5.41, 5.74) is 4.79. The van der Waals surface area contributed by atoms with E-state index < -0.39 is 5.60 Å². The fraction of sp³-hybridized carbons (Fsp3) is 1.00. The summed E-state index contributed by atoms with van der Waals surface area (Å²) < 4.78 is 0. The van der Waals surface area contributed by atoms with Crippen molar-refractivity contribution in [3.8, 4) is 0 Å². The van der Waals surface area contributed by atoms with Crippen LogP contribution in [0.5, 0.6) is 0 Å². The summed E-state index contributed by atoms with van der Waals surface area (Å²) in [7, 11) is 0. The predicted octanol–water partition coefficient (Wildman–Crippen LogP) is 0.750. The third-order valence-corrected chi connectivity index (χ3v) is 3.29. The van der Waals surface area contributed by atoms with Crippen LogP contribution >= 0.6 is 0 Å². The highest BCUT2D eigenvalue weighted by Crippen LogP contribution is 2.05. The Kier molecular flexibility index (Phi) is 8.78. The van der Waals surface area contributed by atoms with Crippen molar-refractivity contribution in [1.29, 1.82) is 0 Å². The Morgan fingerprint density at radius 3 is 1.88 bits per heavy atom. The summed E-state index contributed by atoms with van der Waals surface area (Å²) in [4.78, 5) is 4.70. The molecule has 0 radical (unpaired) electrons. The van der Waals surface area contributed by atoms with Gasteiger partial charge in [-0.15, -0.1) is 0 Å². The maximum Gasteiger partial charge on any atom is 0.0867 e. The third kappa shape index (κ3) is 7.71. The van der Waals surface area contributed by atoms with E-state index >= 15 is 0 Å². The van der Waals surface area contributed by atoms with Crippen LogP contribution < -0.4 is 5.73 Å². The van der Waals surface area contributed by atoms with Crippen LogP contribution in [0.1, 0.15) is 34.1 Å². The average molecular weight is 245 g/mol. The van der Waals surface area contributed by atoms with Crippen molar-refractivity contribution in [2.45, 2.75) is 39.7 Å². The van der Waals surface area contributed by atoms with Crippen molar-refractivity contribution in [1.82, 2.24) is 9.80 Å². The van der Waals surface area contributed by atoms with Crippen LogP contribution in [0.25, 0.3) is 0 Å². The third-order valence-electron chi connectivity index (χ3n) is 3.29. The van der Waals surface area contributed by atoms with Crippen molar-refractivity contribution in [3.63, 3.8) is 0 Å². The minimum atomic E-state index is -0.759. The van der Waals surface area contributed by atoms with Gasteiger partial charge in [0.05, 0.1) is 5.60 Å². The molecule has 104 valence electrons. The monoisotopic (exact) mass is 245 g/mol. The quantitative estimate of drug-likeness (QED) is 0.596. The molecular weight excluding hydrogens is 214 g/mol. The highest BCUT2D eigenvalue weighted by atomic mass is 16.3. The van der Waals surface area contributed by atoms with Crippen LogP contribution in [0.3, 0.4) is 0 Å². The molecule has 0 rings (SSSR count). The fourth-order valence-corrected chi connectivity index (χ4v) is 1.95. The molecule has 3 N–H and O–H groups in total. The molecule has 0 saturated heterocycles. The lowest BCUT2D eigenvalue weighted by Crippen LogP contribution is -2.46. The van der Waals surface area contributed by atoms with Crippen molar-refractivity contribution in [2.24, 2.45) is 5.73 Å². The molecule has 0 aliphatic rings. The predicted molar refractivity (Wildman–Crippen MR) is 74.2 cm³/mol. The molecule has 0 saturated carbocycles. The Balaban J connectivity index is 3.90. The molecule has 0 aromatic carbocycles. The van der Waals surface area contributed by atoms with Gasteiger partial charge in [0.15, 0.2) is 0 Å². The maximum atomic E-state index is 9.95. The highest BCUT2D eigenvalue weighted by molar-refractivity contribution is 4.78. The van der Waals surface area contributed by atoms with E-state index in [0.29, 0.717) is 13.1 Å². The molecule has 4 heteroatoms. The minimum absolute atomic E-state index is 0.319. The second-order valence-electron chi connectivity index (χ2n) is 4.95. The molecule has 0 aliphatic heterocycles. The van der Waals surface area contributed by atoms with Crippen LogP contribution in [0.4, 0.5) is 0 Å². The molecule has 0 aromatic heterocycles. The highest BCUT2D eigenvalue weighted by Gasteiger charge is 2.21. The van der Waals surface area contributed by atoms with Gasteiger partial charge in [-0.2, -0.15) is 0 Å². The number of hydrogen-bond donors (Lipinski definition) is 2. The second kappa shape index (κ2) is 8.86. The number of nitrogens with two attached hydrogens (primary N) is 1. The van der Waals surface area contributed by atoms with Crippen LogP contribution in [0.15, 0.2) is 0 Å². The lowest BCUT2D eigenvalue weighted by Gasteiger charge is -2.30. The van der Waals surface area contributed by atoms with Crippen molar-refractivity contribution >= 4 is 0 Å². The smallest absolute Gasteiger partial charge is 0.0867 e. The lowest BCUT2D eigenvalue weighted by atomic mass is 10.1. The molecule has 0 aromatic rings. The zero-order valence-electron chi connectivity index (χ0n) is 12.1. The van der Waals surface area contributed by atoms with Gasteiger partial charge in [0.2, 0.25) is 0 Å². The maximum absolute atomic E-state index is 9.95. The van der Waals surface area contributed by atoms with E-state index in [2.05, 4.69) is 30.6 Å². The lowest BCUT2D eigenvalue weighted by molar-refractivity contribution is 0.0278. The van der Waals surface area contributed by atoms with Gasteiger partial charge in [-0.05, 0) is 46.1 Å². The Labute approximate surface area is 107 Å². The first kappa shape index (κ1) is 16.8. The first-order valence-electron chi connectivity index (χ1n) is 6.86. The van der Waals surface area contributed by atoms with Gasteiger partial charge < -0.3 is 20.6 Å². The van der Waals surface area contributed by atoms with E-state index in [9.17, 15) is 5.11 Å². The van der Waals surface area contributed by atoms with Gasteiger partial charge in [-0.3, -0.25) is 0 Å². The van der Waals surface area contributed by atoms with Gasteiger partial charge in [0, 0.05) is 13.1 Å². The molecular formula is C13H31N3O. The summed E-state index contributed by atoms with van der Waals surface area (Å²) in [6, 6.07) is 0. The van der Waals surface area contributed by atoms with Crippen LogP contribution in [0, 0.1) is 0 Å². The van der Waals surface area contributed by atoms with E-state index in [4.69, 9.17) is 5.73 Å². The Morgan fingerprint density at radius 2 is 1.47 bits per heavy atom. The Bertz CT molecular complexity index is 182. The molecule has 0 fully saturated rings. The SMILES string of the molecule is CCN(CC)CCCN(CC)CC(C)(O)CN. The van der Waals surface area contributed by atoms with E-state index in [0.717, 1.165) is 39.1 Å². The largest absolute Gasteiger partial charge is 0.388 e. The molecule has 4 nitrogen and oxygen atoms in total. The molecule has 1 atom stereocenters. The number of hydrogen-bond acceptors (Lipinski definition) is 4. The van der Waals surface area contributed by atoms with Gasteiger partial charge in [0.1, 0.15) is 0 Å². The van der Waals surface area contributed by atoms with Crippen molar-refractivity contribution in [3.05, 3.63) is 0 Å². The van der Waals surface area contributed by atoms with E-state index in [1.807, 2.05) is 0 Å². The first-order chi connectivity index (χ1) is 7.99. The fourth-order valence-electron chi connectivity index (χ4n) is 1.95. The van der Waals surface area contributed by atoms with Gasteiger partial charge in [-0.1, -0.05) is 20.8 Å². The van der Waals surface area contributed by atoms with Crippen LogP contribution in [0.2, 0.25) is 0 Å². The number of aliphatic hydroxyl groups is 1. The summed E-state index contributed by atoms with van der Waals surface area (Å²) in [5.74, 6) is 0. The standard InChI is InChI=1S/C13H31N3O/c1-5-15(6-2)9-8-10-16(7-3)12-13(4,17)11-14/h17H,5-12,14H2,1-4H3. The van der Waals surface area contributed by atoms with Crippen LogP contribution in [-0.2, 0) is 0 Å². The van der Waals surface area contributed by atoms with Gasteiger partial charge in [-0.25, -0.2) is 0 Å². The first-order valence-corrected chi connectivity index (χ1v) is 6.86. The Hall–Kier alpha value is -0.160. The number of rotatable bonds is 10. The molecule has 1 unspecified atom stereocenters. The minimum Gasteiger partial charge on any atom is -0.388 e. The van der Waals surface area contributed by atoms with Gasteiger partial charge in [0.25, 0.3) is 0 Å².